The molecule has 10 heteroatoms. The number of methoxy groups -OCH3 is 1. The molecule has 0 unspecified atom stereocenters. The largest absolute Gasteiger partial charge is 0.375 e. The molecule has 1 aliphatic heterocycles. The minimum Gasteiger partial charge on any atom is -0.375 e. The fraction of sp³-hybridized carbons (Fsp3) is 0.286. The number of pyridine rings is 1. The van der Waals surface area contributed by atoms with Gasteiger partial charge in [-0.05, 0) is 12.1 Å². The van der Waals surface area contributed by atoms with Crippen molar-refractivity contribution in [1.82, 2.24) is 30.4 Å². The molecule has 0 spiro atoms. The van der Waals surface area contributed by atoms with Crippen LogP contribution in [0.3, 0.4) is 0 Å². The first-order valence-corrected chi connectivity index (χ1v) is 9.72. The second kappa shape index (κ2) is 9.00. The fourth-order valence-corrected chi connectivity index (χ4v) is 3.62. The number of H-pyrrole nitrogens is 1. The van der Waals surface area contributed by atoms with Gasteiger partial charge in [0.05, 0.1) is 12.0 Å². The van der Waals surface area contributed by atoms with E-state index < -0.39 is 17.8 Å². The summed E-state index contributed by atoms with van der Waals surface area (Å²) in [5.74, 6) is -0.882. The number of rotatable bonds is 6. The standard InChI is InChI=1S/C21H21FN6O3/c1-31-12-17(29)24-16-11-28(21(30)18-15(22)8-5-9-23-18)10-14(16)20-25-19(26-27-20)13-6-3-2-4-7-13/h2-9,14,16H,10-12H2,1H3,(H,24,29)(H,25,26,27)/t14-,16-/m1/s1. The number of amides is 2. The molecule has 2 N–H and O–H groups in total. The molecule has 9 nitrogen and oxygen atoms in total. The number of carbonyl (C=O) groups excluding carboxylic acids is 2. The molecule has 2 atom stereocenters. The van der Waals surface area contributed by atoms with Gasteiger partial charge in [0.2, 0.25) is 5.91 Å². The smallest absolute Gasteiger partial charge is 0.275 e. The number of nitrogens with one attached hydrogen (secondary N) is 2. The third kappa shape index (κ3) is 4.43. The van der Waals surface area contributed by atoms with Crippen LogP contribution in [0.2, 0.25) is 0 Å². The van der Waals surface area contributed by atoms with Crippen molar-refractivity contribution in [1.29, 1.82) is 0 Å². The number of ether oxygens (including phenoxy) is 1. The quantitative estimate of drug-likeness (QED) is 0.618. The number of benzene rings is 1. The minimum absolute atomic E-state index is 0.113. The third-order valence-electron chi connectivity index (χ3n) is 5.08. The van der Waals surface area contributed by atoms with Crippen molar-refractivity contribution in [2.75, 3.05) is 26.8 Å². The summed E-state index contributed by atoms with van der Waals surface area (Å²) >= 11 is 0. The van der Waals surface area contributed by atoms with Gasteiger partial charge in [0.15, 0.2) is 17.3 Å². The molecule has 0 bridgehead atoms. The Hall–Kier alpha value is -3.66. The number of likely N-dealkylation sites (tertiary alicyclic amines) is 1. The van der Waals surface area contributed by atoms with E-state index in [0.717, 1.165) is 5.56 Å². The van der Waals surface area contributed by atoms with Crippen LogP contribution in [0.4, 0.5) is 4.39 Å². The second-order valence-corrected chi connectivity index (χ2v) is 7.17. The van der Waals surface area contributed by atoms with E-state index >= 15 is 0 Å². The van der Waals surface area contributed by atoms with Gasteiger partial charge in [0, 0.05) is 32.0 Å². The number of hydrogen-bond donors (Lipinski definition) is 2. The van der Waals surface area contributed by atoms with E-state index in [1.54, 1.807) is 0 Å². The summed E-state index contributed by atoms with van der Waals surface area (Å²) in [6, 6.07) is 11.6. The predicted octanol–water partition coefficient (Wildman–Crippen LogP) is 1.38. The molecule has 1 aromatic carbocycles. The molecule has 2 amide bonds. The summed E-state index contributed by atoms with van der Waals surface area (Å²) < 4.78 is 19.0. The van der Waals surface area contributed by atoms with Crippen LogP contribution in [0.15, 0.2) is 48.7 Å². The second-order valence-electron chi connectivity index (χ2n) is 7.17. The van der Waals surface area contributed by atoms with Crippen molar-refractivity contribution in [3.8, 4) is 11.4 Å². The van der Waals surface area contributed by atoms with Crippen LogP contribution in [0.25, 0.3) is 11.4 Å². The van der Waals surface area contributed by atoms with Crippen molar-refractivity contribution in [2.24, 2.45) is 0 Å². The lowest BCUT2D eigenvalue weighted by molar-refractivity contribution is -0.125. The highest BCUT2D eigenvalue weighted by Crippen LogP contribution is 2.28. The highest BCUT2D eigenvalue weighted by atomic mass is 19.1. The van der Waals surface area contributed by atoms with Gasteiger partial charge in [-0.15, -0.1) is 0 Å². The van der Waals surface area contributed by atoms with E-state index in [-0.39, 0.29) is 37.2 Å². The van der Waals surface area contributed by atoms with Gasteiger partial charge in [-0.2, -0.15) is 5.10 Å². The Labute approximate surface area is 177 Å². The number of nitrogens with zero attached hydrogens (tertiary/aromatic N) is 4. The topological polar surface area (TPSA) is 113 Å². The summed E-state index contributed by atoms with van der Waals surface area (Å²) in [4.78, 5) is 34.9. The Morgan fingerprint density at radius 2 is 2.03 bits per heavy atom. The van der Waals surface area contributed by atoms with Crippen LogP contribution in [0, 0.1) is 5.82 Å². The Morgan fingerprint density at radius 3 is 2.77 bits per heavy atom. The van der Waals surface area contributed by atoms with Gasteiger partial charge < -0.3 is 15.0 Å². The zero-order chi connectivity index (χ0) is 21.8. The van der Waals surface area contributed by atoms with Crippen molar-refractivity contribution >= 4 is 11.8 Å². The maximum atomic E-state index is 14.1. The van der Waals surface area contributed by atoms with Gasteiger partial charge in [-0.3, -0.25) is 14.7 Å². The Balaban J connectivity index is 1.59. The molecule has 160 valence electrons. The zero-order valence-electron chi connectivity index (χ0n) is 16.8. The lowest BCUT2D eigenvalue weighted by atomic mass is 10.0. The summed E-state index contributed by atoms with van der Waals surface area (Å²) in [6.45, 7) is 0.282. The van der Waals surface area contributed by atoms with E-state index in [0.29, 0.717) is 11.6 Å². The summed E-state index contributed by atoms with van der Waals surface area (Å²) in [7, 11) is 1.42. The lowest BCUT2D eigenvalue weighted by Gasteiger charge is -2.17. The molecule has 3 heterocycles. The van der Waals surface area contributed by atoms with Gasteiger partial charge >= 0.3 is 0 Å². The van der Waals surface area contributed by atoms with E-state index in [2.05, 4.69) is 25.5 Å². The summed E-state index contributed by atoms with van der Waals surface area (Å²) in [5, 5.41) is 10.1. The van der Waals surface area contributed by atoms with Crippen LogP contribution in [-0.2, 0) is 9.53 Å². The van der Waals surface area contributed by atoms with Crippen molar-refractivity contribution < 1.29 is 18.7 Å². The first-order valence-electron chi connectivity index (χ1n) is 9.72. The molecule has 2 aromatic heterocycles. The average Bonchev–Trinajstić information content (AvgIpc) is 3.42. The molecule has 1 aliphatic rings. The maximum Gasteiger partial charge on any atom is 0.275 e. The molecule has 1 saturated heterocycles. The molecule has 4 rings (SSSR count). The van der Waals surface area contributed by atoms with Gasteiger partial charge in [-0.1, -0.05) is 30.3 Å². The average molecular weight is 424 g/mol. The number of halogens is 1. The van der Waals surface area contributed by atoms with Crippen molar-refractivity contribution in [3.63, 3.8) is 0 Å². The fourth-order valence-electron chi connectivity index (χ4n) is 3.62. The highest BCUT2D eigenvalue weighted by molar-refractivity contribution is 5.93. The summed E-state index contributed by atoms with van der Waals surface area (Å²) in [6.07, 6.45) is 1.37. The van der Waals surface area contributed by atoms with Crippen LogP contribution in [-0.4, -0.2) is 69.7 Å². The molecule has 0 saturated carbocycles. The van der Waals surface area contributed by atoms with Crippen LogP contribution in [0.5, 0.6) is 0 Å². The number of carbonyl (C=O) groups is 2. The van der Waals surface area contributed by atoms with E-state index in [4.69, 9.17) is 4.74 Å². The van der Waals surface area contributed by atoms with Crippen LogP contribution in [0.1, 0.15) is 22.2 Å². The van der Waals surface area contributed by atoms with Crippen molar-refractivity contribution in [3.05, 3.63) is 66.0 Å². The number of aromatic nitrogens is 4. The van der Waals surface area contributed by atoms with Crippen LogP contribution >= 0.6 is 0 Å². The highest BCUT2D eigenvalue weighted by Gasteiger charge is 2.40. The van der Waals surface area contributed by atoms with Crippen molar-refractivity contribution in [2.45, 2.75) is 12.0 Å². The minimum atomic E-state index is -0.693. The van der Waals surface area contributed by atoms with E-state index in [1.165, 1.54) is 30.3 Å². The van der Waals surface area contributed by atoms with E-state index in [1.807, 2.05) is 30.3 Å². The molecular weight excluding hydrogens is 403 g/mol. The molecule has 0 radical (unpaired) electrons. The number of hydrogen-bond acceptors (Lipinski definition) is 6. The van der Waals surface area contributed by atoms with E-state index in [9.17, 15) is 14.0 Å². The monoisotopic (exact) mass is 424 g/mol. The Morgan fingerprint density at radius 1 is 1.23 bits per heavy atom. The molecule has 0 aliphatic carbocycles. The lowest BCUT2D eigenvalue weighted by Crippen LogP contribution is -2.42. The summed E-state index contributed by atoms with van der Waals surface area (Å²) in [5.41, 5.74) is 0.583. The predicted molar refractivity (Wildman–Crippen MR) is 108 cm³/mol. The first-order chi connectivity index (χ1) is 15.1. The Kier molecular flexibility index (Phi) is 5.99. The molecule has 31 heavy (non-hydrogen) atoms. The van der Waals surface area contributed by atoms with Gasteiger partial charge in [0.1, 0.15) is 12.4 Å². The molecule has 1 fully saturated rings. The Bertz CT molecular complexity index is 1070. The first kappa shape index (κ1) is 20.6. The maximum absolute atomic E-state index is 14.1. The van der Waals surface area contributed by atoms with Gasteiger partial charge in [0.25, 0.3) is 5.91 Å². The molecular formula is C21H21FN6O3. The van der Waals surface area contributed by atoms with Gasteiger partial charge in [-0.25, -0.2) is 14.4 Å². The number of aromatic amines is 1. The SMILES string of the molecule is COCC(=O)N[C@@H]1CN(C(=O)c2ncccc2F)C[C@H]1c1nc(-c2ccccc2)n[nH]1. The molecule has 3 aromatic rings. The van der Waals surface area contributed by atoms with Crippen LogP contribution < -0.4 is 5.32 Å². The zero-order valence-corrected chi connectivity index (χ0v) is 16.8. The third-order valence-corrected chi connectivity index (χ3v) is 5.08. The normalized spacial score (nSPS) is 18.2.